The first-order valence-electron chi connectivity index (χ1n) is 8.05. The molecule has 0 aromatic carbocycles. The lowest BCUT2D eigenvalue weighted by Crippen LogP contribution is -2.40. The molecule has 0 aromatic rings. The molecule has 0 saturated heterocycles. The SMILES string of the molecule is CC(=O)COC(C(=O)OC1CCC2CCCCC2C1)S(=O)(=O)O. The van der Waals surface area contributed by atoms with Crippen molar-refractivity contribution in [2.45, 2.75) is 63.4 Å². The zero-order chi connectivity index (χ0) is 17.0. The van der Waals surface area contributed by atoms with Crippen molar-refractivity contribution in [1.82, 2.24) is 0 Å². The van der Waals surface area contributed by atoms with Crippen molar-refractivity contribution >= 4 is 21.9 Å². The molecule has 0 heterocycles. The van der Waals surface area contributed by atoms with Crippen LogP contribution in [-0.4, -0.2) is 42.9 Å². The molecule has 23 heavy (non-hydrogen) atoms. The van der Waals surface area contributed by atoms with Crippen molar-refractivity contribution in [2.24, 2.45) is 11.8 Å². The highest BCUT2D eigenvalue weighted by molar-refractivity contribution is 7.87. The van der Waals surface area contributed by atoms with E-state index in [-0.39, 0.29) is 6.10 Å². The van der Waals surface area contributed by atoms with Gasteiger partial charge in [-0.2, -0.15) is 8.42 Å². The van der Waals surface area contributed by atoms with Crippen LogP contribution < -0.4 is 0 Å². The number of carbonyl (C=O) groups is 2. The first kappa shape index (κ1) is 18.4. The fourth-order valence-electron chi connectivity index (χ4n) is 3.63. The Bertz CT molecular complexity index is 542. The number of hydrogen-bond acceptors (Lipinski definition) is 6. The molecule has 132 valence electrons. The van der Waals surface area contributed by atoms with E-state index in [1.165, 1.54) is 26.2 Å². The van der Waals surface area contributed by atoms with Gasteiger partial charge in [0.05, 0.1) is 0 Å². The molecule has 0 spiro atoms. The van der Waals surface area contributed by atoms with Crippen LogP contribution in [0.5, 0.6) is 0 Å². The van der Waals surface area contributed by atoms with E-state index in [2.05, 4.69) is 0 Å². The molecule has 8 heteroatoms. The summed E-state index contributed by atoms with van der Waals surface area (Å²) in [7, 11) is -4.78. The van der Waals surface area contributed by atoms with Crippen LogP contribution in [0.4, 0.5) is 0 Å². The van der Waals surface area contributed by atoms with Crippen molar-refractivity contribution in [3.8, 4) is 0 Å². The summed E-state index contributed by atoms with van der Waals surface area (Å²) in [4.78, 5) is 22.9. The Balaban J connectivity index is 1.94. The maximum atomic E-state index is 12.0. The number of esters is 1. The summed E-state index contributed by atoms with van der Waals surface area (Å²) in [6.07, 6.45) is 6.77. The van der Waals surface area contributed by atoms with Gasteiger partial charge in [-0.1, -0.05) is 25.7 Å². The van der Waals surface area contributed by atoms with Gasteiger partial charge in [0.25, 0.3) is 5.44 Å². The van der Waals surface area contributed by atoms with E-state index in [1.54, 1.807) is 0 Å². The average molecular weight is 348 g/mol. The van der Waals surface area contributed by atoms with Gasteiger partial charge in [0, 0.05) is 0 Å². The summed E-state index contributed by atoms with van der Waals surface area (Å²) in [5.41, 5.74) is -2.16. The average Bonchev–Trinajstić information content (AvgIpc) is 2.45. The molecule has 0 amide bonds. The third-order valence-corrected chi connectivity index (χ3v) is 5.54. The molecule has 0 aromatic heterocycles. The number of rotatable bonds is 6. The zero-order valence-electron chi connectivity index (χ0n) is 13.3. The Hall–Kier alpha value is -0.990. The van der Waals surface area contributed by atoms with Crippen LogP contribution in [0.1, 0.15) is 51.9 Å². The molecule has 2 rings (SSSR count). The molecule has 0 bridgehead atoms. The highest BCUT2D eigenvalue weighted by atomic mass is 32.2. The van der Waals surface area contributed by atoms with Crippen molar-refractivity contribution in [2.75, 3.05) is 6.61 Å². The molecule has 4 unspecified atom stereocenters. The van der Waals surface area contributed by atoms with Crippen LogP contribution in [0.25, 0.3) is 0 Å². The largest absolute Gasteiger partial charge is 0.460 e. The van der Waals surface area contributed by atoms with Crippen molar-refractivity contribution in [3.05, 3.63) is 0 Å². The molecule has 2 fully saturated rings. The van der Waals surface area contributed by atoms with Gasteiger partial charge in [0.15, 0.2) is 5.78 Å². The lowest BCUT2D eigenvalue weighted by Gasteiger charge is -2.39. The molecule has 2 aliphatic rings. The summed E-state index contributed by atoms with van der Waals surface area (Å²) in [5, 5.41) is 0. The van der Waals surface area contributed by atoms with Gasteiger partial charge in [0.2, 0.25) is 0 Å². The molecule has 0 radical (unpaired) electrons. The predicted octanol–water partition coefficient (Wildman–Crippen LogP) is 1.71. The molecule has 4 atom stereocenters. The smallest absolute Gasteiger partial charge is 0.354 e. The summed E-state index contributed by atoms with van der Waals surface area (Å²) in [5.74, 6) is -0.412. The van der Waals surface area contributed by atoms with E-state index >= 15 is 0 Å². The predicted molar refractivity (Wildman–Crippen MR) is 81.1 cm³/mol. The second kappa shape index (κ2) is 7.72. The minimum absolute atomic E-state index is 0.355. The van der Waals surface area contributed by atoms with Gasteiger partial charge >= 0.3 is 16.1 Å². The Morgan fingerprint density at radius 3 is 2.39 bits per heavy atom. The summed E-state index contributed by atoms with van der Waals surface area (Å²) in [6, 6.07) is 0. The molecule has 2 saturated carbocycles. The van der Waals surface area contributed by atoms with Gasteiger partial charge in [-0.25, -0.2) is 4.79 Å². The Labute approximate surface area is 136 Å². The van der Waals surface area contributed by atoms with Gasteiger partial charge in [-0.15, -0.1) is 0 Å². The monoisotopic (exact) mass is 348 g/mol. The van der Waals surface area contributed by atoms with E-state index in [4.69, 9.17) is 14.0 Å². The van der Waals surface area contributed by atoms with Crippen molar-refractivity contribution < 1.29 is 32.0 Å². The van der Waals surface area contributed by atoms with Gasteiger partial charge in [0.1, 0.15) is 12.7 Å². The van der Waals surface area contributed by atoms with E-state index < -0.39 is 33.9 Å². The maximum Gasteiger partial charge on any atom is 0.354 e. The Morgan fingerprint density at radius 1 is 1.13 bits per heavy atom. The molecular formula is C15H24O7S. The van der Waals surface area contributed by atoms with E-state index in [0.717, 1.165) is 19.3 Å². The Morgan fingerprint density at radius 2 is 1.78 bits per heavy atom. The van der Waals surface area contributed by atoms with Crippen LogP contribution >= 0.6 is 0 Å². The standard InChI is InChI=1S/C15H24O7S/c1-10(16)9-21-15(23(18,19)20)14(17)22-13-7-6-11-4-2-3-5-12(11)8-13/h11-13,15H,2-9H2,1H3,(H,18,19,20). The van der Waals surface area contributed by atoms with Gasteiger partial charge < -0.3 is 9.47 Å². The normalized spacial score (nSPS) is 29.4. The molecular weight excluding hydrogens is 324 g/mol. The molecule has 1 N–H and O–H groups in total. The van der Waals surface area contributed by atoms with Crippen LogP contribution in [0.15, 0.2) is 0 Å². The number of hydrogen-bond donors (Lipinski definition) is 1. The van der Waals surface area contributed by atoms with E-state index in [1.807, 2.05) is 0 Å². The number of carbonyl (C=O) groups excluding carboxylic acids is 2. The quantitative estimate of drug-likeness (QED) is 0.575. The minimum atomic E-state index is -4.78. The maximum absolute atomic E-state index is 12.0. The summed E-state index contributed by atoms with van der Waals surface area (Å²) < 4.78 is 41.6. The highest BCUT2D eigenvalue weighted by Gasteiger charge is 2.38. The summed E-state index contributed by atoms with van der Waals surface area (Å²) in [6.45, 7) is 0.617. The fraction of sp³-hybridized carbons (Fsp3) is 0.867. The van der Waals surface area contributed by atoms with E-state index in [0.29, 0.717) is 18.3 Å². The lowest BCUT2D eigenvalue weighted by molar-refractivity contribution is -0.161. The van der Waals surface area contributed by atoms with Crippen LogP contribution in [0, 0.1) is 11.8 Å². The first-order chi connectivity index (χ1) is 10.8. The van der Waals surface area contributed by atoms with Crippen molar-refractivity contribution in [1.29, 1.82) is 0 Å². The van der Waals surface area contributed by atoms with Crippen LogP contribution in [-0.2, 0) is 29.2 Å². The van der Waals surface area contributed by atoms with Crippen LogP contribution in [0.3, 0.4) is 0 Å². The number of ketones is 1. The first-order valence-corrected chi connectivity index (χ1v) is 9.55. The minimum Gasteiger partial charge on any atom is -0.460 e. The number of fused-ring (bicyclic) bond motifs is 1. The van der Waals surface area contributed by atoms with Gasteiger partial charge in [-0.3, -0.25) is 9.35 Å². The topological polar surface area (TPSA) is 107 Å². The van der Waals surface area contributed by atoms with E-state index in [9.17, 15) is 18.0 Å². The Kier molecular flexibility index (Phi) is 6.16. The molecule has 2 aliphatic carbocycles. The number of ether oxygens (including phenoxy) is 2. The highest BCUT2D eigenvalue weighted by Crippen LogP contribution is 2.41. The molecule has 0 aliphatic heterocycles. The van der Waals surface area contributed by atoms with Gasteiger partial charge in [-0.05, 0) is 38.0 Å². The lowest BCUT2D eigenvalue weighted by atomic mass is 9.70. The zero-order valence-corrected chi connectivity index (χ0v) is 14.1. The van der Waals surface area contributed by atoms with Crippen LogP contribution in [0.2, 0.25) is 0 Å². The second-order valence-electron chi connectivity index (χ2n) is 6.54. The number of Topliss-reactive ketones (excluding diaryl/α,β-unsaturated/α-hetero) is 1. The van der Waals surface area contributed by atoms with Crippen molar-refractivity contribution in [3.63, 3.8) is 0 Å². The second-order valence-corrected chi connectivity index (χ2v) is 7.99. The third-order valence-electron chi connectivity index (χ3n) is 4.68. The summed E-state index contributed by atoms with van der Waals surface area (Å²) >= 11 is 0. The molecule has 7 nitrogen and oxygen atoms in total. The third kappa shape index (κ3) is 5.26. The fourth-order valence-corrected chi connectivity index (χ4v) is 4.16.